The minimum atomic E-state index is -1.95. The summed E-state index contributed by atoms with van der Waals surface area (Å²) < 4.78 is 0. The molecule has 1 saturated heterocycles. The molecule has 24 N–H and O–H groups in total. The van der Waals surface area contributed by atoms with Gasteiger partial charge in [0.1, 0.15) is 78.3 Å². The van der Waals surface area contributed by atoms with Crippen molar-refractivity contribution in [3.8, 4) is 5.75 Å². The molecule has 131 heavy (non-hydrogen) atoms. The second kappa shape index (κ2) is 53.3. The molecule has 716 valence electrons. The largest absolute Gasteiger partial charge is 0.508 e. The number of hydrogen-bond acceptors (Lipinski definition) is 22. The van der Waals surface area contributed by atoms with E-state index in [1.54, 1.807) is 133 Å². The number of aromatic hydroxyl groups is 1. The van der Waals surface area contributed by atoms with Gasteiger partial charge in [0.05, 0.1) is 31.7 Å². The maximum atomic E-state index is 15.6. The summed E-state index contributed by atoms with van der Waals surface area (Å²) in [7, 11) is 0. The van der Waals surface area contributed by atoms with E-state index in [1.165, 1.54) is 29.2 Å². The van der Waals surface area contributed by atoms with Crippen LogP contribution in [0.15, 0.2) is 115 Å². The van der Waals surface area contributed by atoms with Crippen molar-refractivity contribution in [1.29, 1.82) is 0 Å². The first-order valence-electron chi connectivity index (χ1n) is 44.2. The Labute approximate surface area is 759 Å². The third-order valence-corrected chi connectivity index (χ3v) is 23.0. The summed E-state index contributed by atoms with van der Waals surface area (Å²) in [4.78, 5) is 243. The zero-order chi connectivity index (χ0) is 96.9. The van der Waals surface area contributed by atoms with Crippen LogP contribution in [-0.2, 0) is 107 Å². The number of aliphatic carboxylic acids is 3. The number of hydrogen-bond donors (Lipinski definition) is 22. The van der Waals surface area contributed by atoms with E-state index in [0.717, 1.165) is 6.92 Å². The van der Waals surface area contributed by atoms with Crippen LogP contribution in [0, 0.1) is 23.7 Å². The van der Waals surface area contributed by atoms with Crippen molar-refractivity contribution in [3.05, 3.63) is 138 Å². The Morgan fingerprint density at radius 2 is 0.916 bits per heavy atom. The van der Waals surface area contributed by atoms with Crippen LogP contribution < -0.4 is 80.6 Å². The fourth-order valence-corrected chi connectivity index (χ4v) is 14.8. The average Bonchev–Trinajstić information content (AvgIpc) is 1.67. The number of unbranched alkanes of at least 4 members (excludes halogenated alkanes) is 1. The van der Waals surface area contributed by atoms with E-state index in [2.05, 4.69) is 74.1 Å². The molecule has 4 aromatic carbocycles. The first-order chi connectivity index (χ1) is 62.2. The van der Waals surface area contributed by atoms with Crippen molar-refractivity contribution < 1.29 is 112 Å². The van der Waals surface area contributed by atoms with E-state index in [4.69, 9.17) is 11.5 Å². The number of para-hydroxylation sites is 1. The van der Waals surface area contributed by atoms with Gasteiger partial charge in [-0.25, -0.2) is 4.79 Å². The van der Waals surface area contributed by atoms with Crippen LogP contribution in [0.2, 0.25) is 0 Å². The summed E-state index contributed by atoms with van der Waals surface area (Å²) in [5.74, 6) is -19.8. The fourth-order valence-electron chi connectivity index (χ4n) is 14.8. The number of phenolic OH excluding ortho intramolecular Hbond substituents is 1. The number of nitrogens with zero attached hydrogens (tertiary/aromatic N) is 1. The third kappa shape index (κ3) is 33.8. The molecule has 14 amide bonds. The predicted octanol–water partition coefficient (Wildman–Crippen LogP) is -0.493. The van der Waals surface area contributed by atoms with E-state index in [0.29, 0.717) is 52.4 Å². The lowest BCUT2D eigenvalue weighted by Crippen LogP contribution is -2.62. The summed E-state index contributed by atoms with van der Waals surface area (Å²) in [5, 5.41) is 93.8. The maximum absolute atomic E-state index is 15.6. The molecule has 6 rings (SSSR count). The van der Waals surface area contributed by atoms with E-state index in [-0.39, 0.29) is 95.4 Å². The number of likely N-dealkylation sites (tertiary alicyclic amines) is 1. The molecule has 2 heterocycles. The molecule has 0 saturated carbocycles. The molecule has 0 spiro atoms. The first-order valence-corrected chi connectivity index (χ1v) is 44.2. The van der Waals surface area contributed by atoms with Crippen molar-refractivity contribution in [2.24, 2.45) is 35.1 Å². The fraction of sp³-hybridized carbons (Fsp3) is 0.527. The quantitative estimate of drug-likeness (QED) is 0.0218. The molecule has 5 aromatic rings. The van der Waals surface area contributed by atoms with Gasteiger partial charge >= 0.3 is 17.9 Å². The van der Waals surface area contributed by atoms with Gasteiger partial charge in [0.2, 0.25) is 82.7 Å². The molecule has 0 aliphatic carbocycles. The van der Waals surface area contributed by atoms with E-state index >= 15 is 19.2 Å². The number of carbonyl (C=O) groups excluding carboxylic acids is 14. The Hall–Kier alpha value is -13.0. The Balaban J connectivity index is 1.21. The highest BCUT2D eigenvalue weighted by atomic mass is 16.4. The van der Waals surface area contributed by atoms with Crippen molar-refractivity contribution in [2.75, 3.05) is 26.2 Å². The highest BCUT2D eigenvalue weighted by Crippen LogP contribution is 2.26. The number of carboxylic acids is 3. The number of H-pyrrole nitrogens is 1. The van der Waals surface area contributed by atoms with Gasteiger partial charge in [-0.05, 0) is 123 Å². The average molecular weight is 1830 g/mol. The van der Waals surface area contributed by atoms with E-state index in [9.17, 15) is 93.0 Å². The molecular formula is C91H129N17O23. The Morgan fingerprint density at radius 1 is 0.466 bits per heavy atom. The number of nitrogens with one attached hydrogen (secondary N) is 14. The van der Waals surface area contributed by atoms with Crippen molar-refractivity contribution in [1.82, 2.24) is 79.0 Å². The van der Waals surface area contributed by atoms with Gasteiger partial charge in [-0.2, -0.15) is 0 Å². The number of carboxylic acid groups (broad SMARTS) is 3. The van der Waals surface area contributed by atoms with Crippen molar-refractivity contribution in [2.45, 2.75) is 256 Å². The molecule has 18 atom stereocenters. The number of amides is 14. The monoisotopic (exact) mass is 1830 g/mol. The summed E-state index contributed by atoms with van der Waals surface area (Å²) >= 11 is 0. The second-order valence-electron chi connectivity index (χ2n) is 33.7. The van der Waals surface area contributed by atoms with Crippen LogP contribution in [0.25, 0.3) is 10.9 Å². The molecular weight excluding hydrogens is 1700 g/mol. The van der Waals surface area contributed by atoms with Gasteiger partial charge in [-0.1, -0.05) is 166 Å². The third-order valence-electron chi connectivity index (χ3n) is 23.0. The van der Waals surface area contributed by atoms with Gasteiger partial charge in [0.25, 0.3) is 0 Å². The number of aliphatic hydroxyl groups is 2. The number of carbonyl (C=O) groups is 17. The van der Waals surface area contributed by atoms with Gasteiger partial charge in [0, 0.05) is 55.7 Å². The summed E-state index contributed by atoms with van der Waals surface area (Å²) in [6.07, 6.45) is -0.980. The zero-order valence-corrected chi connectivity index (χ0v) is 75.3. The predicted molar refractivity (Wildman–Crippen MR) is 479 cm³/mol. The lowest BCUT2D eigenvalue weighted by molar-refractivity contribution is -0.145. The smallest absolute Gasteiger partial charge is 0.328 e. The SMILES string of the molecule is CC[C@H](C)[C@H](NC(=O)[C@H](CC(=O)O)NC(=O)[C@H](CCCCN)NC(=O)[C@@H]1CCCN1C(=O)[C@H](Cc1c[nH]c2ccccc12)NC(=O)[C@H](Cc1ccccc1)NC(=O)[C@@H](NC(=O)[C@H](CC(C)C)NC(=O)[C@@H](NC(=O)[C@@H](N)CCC(=O)O)[C@@H](C)CC)[C@@H](C)CC)C(=O)NCC(=O)N[C@@H](Cc1ccc(O)cc1)C(=O)N[C@@H](CO)C(=O)N[C@@H](Cc1ccccc1)C(=O)N[C@H](C(=O)O)[C@@H](C)O. The number of benzene rings is 4. The van der Waals surface area contributed by atoms with Gasteiger partial charge < -0.3 is 121 Å². The molecule has 1 aromatic heterocycles. The number of rotatable bonds is 55. The molecule has 1 fully saturated rings. The van der Waals surface area contributed by atoms with Crippen LogP contribution in [0.4, 0.5) is 0 Å². The normalized spacial score (nSPS) is 16.4. The second-order valence-corrected chi connectivity index (χ2v) is 33.7. The Kier molecular flexibility index (Phi) is 43.4. The Morgan fingerprint density at radius 3 is 1.44 bits per heavy atom. The standard InChI is InChI=1S/C91H129N17O23/c1-10-50(6)74(87(126)95-47-71(112)96-64(43-56-32-34-58(111)35-33-56)80(119)103-69(48-109)85(124)98-66(42-55-26-17-14-18-27-55)83(122)107-77(53(9)110)91(130)131)105-84(123)67(45-73(115)116)99-79(118)62(30-21-22-38-92)97-86(125)70-31-23-39-108(70)90(129)68(44-57-46-94-61-29-20-19-28-59(57)61)102-81(120)65(41-54-24-15-13-16-25-54)101-89(128)76(52(8)12-3)106-82(121)63(40-49(4)5)100-88(127)75(51(7)11-2)104-78(117)60(93)36-37-72(113)114/h13-20,24-29,32-35,46,49-53,60,62-70,74-77,94,109-111H,10-12,21-23,30-31,36-45,47-48,92-93H2,1-9H3,(H,95,126)(H,96,112)(H,97,125)(H,98,124)(H,99,118)(H,100,127)(H,101,128)(H,102,120)(H,103,119)(H,104,117)(H,105,123)(H,106,121)(H,107,122)(H,113,114)(H,115,116)(H,130,131)/t50-,51-,52-,53+,60-,62-,63-,64-,65-,66-,67-,68-,69-,70-,74-,75-,76-,77-/m0/s1. The molecule has 0 unspecified atom stereocenters. The number of phenols is 1. The topological polar surface area (TPSA) is 639 Å². The minimum Gasteiger partial charge on any atom is -0.508 e. The molecule has 1 aliphatic rings. The summed E-state index contributed by atoms with van der Waals surface area (Å²) in [6, 6.07) is 8.06. The van der Waals surface area contributed by atoms with Crippen molar-refractivity contribution >= 4 is 112 Å². The van der Waals surface area contributed by atoms with Crippen LogP contribution in [0.1, 0.15) is 162 Å². The van der Waals surface area contributed by atoms with Crippen LogP contribution in [-0.4, -0.2) is 258 Å². The van der Waals surface area contributed by atoms with E-state index < -0.39 is 235 Å². The molecule has 1 aliphatic heterocycles. The van der Waals surface area contributed by atoms with Gasteiger partial charge in [-0.3, -0.25) is 76.7 Å². The van der Waals surface area contributed by atoms with Crippen molar-refractivity contribution in [3.63, 3.8) is 0 Å². The van der Waals surface area contributed by atoms with Gasteiger partial charge in [-0.15, -0.1) is 0 Å². The molecule has 40 nitrogen and oxygen atoms in total. The lowest BCUT2D eigenvalue weighted by Gasteiger charge is -2.32. The number of fused-ring (bicyclic) bond motifs is 1. The zero-order valence-electron chi connectivity index (χ0n) is 75.3. The lowest BCUT2D eigenvalue weighted by atomic mass is 9.94. The number of aliphatic hydroxyl groups excluding tert-OH is 2. The number of aromatic amines is 1. The minimum absolute atomic E-state index is 0.0276. The number of aromatic nitrogens is 1. The van der Waals surface area contributed by atoms with Gasteiger partial charge in [0.15, 0.2) is 6.04 Å². The highest BCUT2D eigenvalue weighted by Gasteiger charge is 2.43. The van der Waals surface area contributed by atoms with Crippen LogP contribution in [0.3, 0.4) is 0 Å². The van der Waals surface area contributed by atoms with Crippen LogP contribution in [0.5, 0.6) is 5.75 Å². The highest BCUT2D eigenvalue weighted by molar-refractivity contribution is 6.01. The molecule has 40 heteroatoms. The van der Waals surface area contributed by atoms with Crippen LogP contribution >= 0.6 is 0 Å². The Bertz CT molecular complexity index is 4710. The van der Waals surface area contributed by atoms with E-state index in [1.807, 2.05) is 13.8 Å². The first kappa shape index (κ1) is 107. The summed E-state index contributed by atoms with van der Waals surface area (Å²) in [6.45, 7) is 13.0. The number of nitrogens with two attached hydrogens (primary N) is 2. The summed E-state index contributed by atoms with van der Waals surface area (Å²) in [5.41, 5.74) is 14.6. The molecule has 0 bridgehead atoms. The maximum Gasteiger partial charge on any atom is 0.328 e. The molecule has 0 radical (unpaired) electrons.